The molecule has 1 rings (SSSR count). The van der Waals surface area contributed by atoms with Crippen molar-refractivity contribution >= 4 is 0 Å². The summed E-state index contributed by atoms with van der Waals surface area (Å²) < 4.78 is 0. The van der Waals surface area contributed by atoms with Gasteiger partial charge in [-0.05, 0) is 12.8 Å². The van der Waals surface area contributed by atoms with E-state index in [1.807, 2.05) is 0 Å². The quantitative estimate of drug-likeness (QED) is 0.430. The summed E-state index contributed by atoms with van der Waals surface area (Å²) in [5.41, 5.74) is -1.93. The first kappa shape index (κ1) is 14.9. The molecule has 0 N–H and O–H groups in total. The number of hydrogen-bond donors (Lipinski definition) is 0. The molecule has 6 nitrogen and oxygen atoms in total. The monoisotopic (exact) mass is 258 g/mol. The fourth-order valence-electron chi connectivity index (χ4n) is 2.61. The summed E-state index contributed by atoms with van der Waals surface area (Å²) in [5.74, 6) is 0. The maximum atomic E-state index is 11.1. The lowest BCUT2D eigenvalue weighted by atomic mass is 9.93. The van der Waals surface area contributed by atoms with Crippen LogP contribution >= 0.6 is 0 Å². The highest BCUT2D eigenvalue weighted by molar-refractivity contribution is 4.69. The molecule has 1 fully saturated rings. The highest BCUT2D eigenvalue weighted by Gasteiger charge is 2.54. The third-order valence-corrected chi connectivity index (χ3v) is 3.83. The Morgan fingerprint density at radius 2 is 0.889 bits per heavy atom. The van der Waals surface area contributed by atoms with Gasteiger partial charge in [-0.15, -0.1) is 0 Å². The van der Waals surface area contributed by atoms with Crippen molar-refractivity contribution in [1.29, 1.82) is 0 Å². The van der Waals surface area contributed by atoms with Gasteiger partial charge in [0.15, 0.2) is 0 Å². The van der Waals surface area contributed by atoms with Crippen molar-refractivity contribution in [3.05, 3.63) is 20.2 Å². The van der Waals surface area contributed by atoms with Crippen LogP contribution in [0.15, 0.2) is 0 Å². The van der Waals surface area contributed by atoms with E-state index >= 15 is 0 Å². The lowest BCUT2D eigenvalue weighted by Gasteiger charge is -2.17. The van der Waals surface area contributed by atoms with Gasteiger partial charge in [0.2, 0.25) is 0 Å². The van der Waals surface area contributed by atoms with Crippen LogP contribution in [-0.4, -0.2) is 15.5 Å². The minimum atomic E-state index is -1.93. The molecule has 0 unspecified atom stereocenters. The topological polar surface area (TPSA) is 86.3 Å². The predicted molar refractivity (Wildman–Crippen MR) is 67.5 cm³/mol. The SMILES string of the molecule is O=[N+]([O-])C1([N+](=O)[O-])CCCCCCCCCCC1. The lowest BCUT2D eigenvalue weighted by Crippen LogP contribution is -2.46. The Bertz CT molecular complexity index is 266. The van der Waals surface area contributed by atoms with Crippen molar-refractivity contribution in [2.24, 2.45) is 0 Å². The van der Waals surface area contributed by atoms with E-state index in [0.717, 1.165) is 38.5 Å². The Morgan fingerprint density at radius 1 is 0.611 bits per heavy atom. The fraction of sp³-hybridized carbons (Fsp3) is 1.00. The molecule has 0 saturated heterocycles. The minimum absolute atomic E-state index is 0.0764. The molecule has 0 bridgehead atoms. The normalized spacial score (nSPS) is 22.4. The molecule has 0 aliphatic heterocycles. The molecule has 104 valence electrons. The van der Waals surface area contributed by atoms with Gasteiger partial charge < -0.3 is 0 Å². The molecule has 0 aromatic rings. The fourth-order valence-corrected chi connectivity index (χ4v) is 2.61. The zero-order valence-electron chi connectivity index (χ0n) is 10.8. The average molecular weight is 258 g/mol. The number of nitro groups is 2. The predicted octanol–water partition coefficient (Wildman–Crippen LogP) is 3.54. The average Bonchev–Trinajstić information content (AvgIpc) is 2.29. The summed E-state index contributed by atoms with van der Waals surface area (Å²) in [5, 5.41) is 22.2. The standard InChI is InChI=1S/C12H22N2O4/c15-13(16)12(14(17)18)10-8-6-4-2-1-3-5-7-9-11-12/h1-11H2. The summed E-state index contributed by atoms with van der Waals surface area (Å²) in [7, 11) is 0. The molecule has 0 heterocycles. The molecule has 1 aliphatic rings. The van der Waals surface area contributed by atoms with Gasteiger partial charge in [-0.25, -0.2) is 0 Å². The molecular formula is C12H22N2O4. The minimum Gasteiger partial charge on any atom is -0.258 e. The largest absolute Gasteiger partial charge is 0.458 e. The van der Waals surface area contributed by atoms with Gasteiger partial charge in [0.05, 0.1) is 22.7 Å². The second kappa shape index (κ2) is 7.28. The van der Waals surface area contributed by atoms with Crippen LogP contribution in [0.2, 0.25) is 0 Å². The molecule has 0 radical (unpaired) electrons. The van der Waals surface area contributed by atoms with Gasteiger partial charge in [-0.1, -0.05) is 44.9 Å². The molecule has 0 aromatic heterocycles. The number of hydrogen-bond acceptors (Lipinski definition) is 4. The smallest absolute Gasteiger partial charge is 0.258 e. The van der Waals surface area contributed by atoms with Crippen molar-refractivity contribution < 1.29 is 9.85 Å². The van der Waals surface area contributed by atoms with Crippen molar-refractivity contribution in [3.8, 4) is 0 Å². The van der Waals surface area contributed by atoms with Crippen molar-refractivity contribution in [2.75, 3.05) is 0 Å². The van der Waals surface area contributed by atoms with Crippen LogP contribution in [0, 0.1) is 20.2 Å². The summed E-state index contributed by atoms with van der Waals surface area (Å²) in [6.07, 6.45) is 8.62. The van der Waals surface area contributed by atoms with E-state index in [0.29, 0.717) is 12.8 Å². The molecule has 0 spiro atoms. The Kier molecular flexibility index (Phi) is 6.01. The van der Waals surface area contributed by atoms with E-state index in [4.69, 9.17) is 0 Å². The highest BCUT2D eigenvalue weighted by atomic mass is 16.7. The van der Waals surface area contributed by atoms with Crippen LogP contribution in [-0.2, 0) is 0 Å². The summed E-state index contributed by atoms with van der Waals surface area (Å²) >= 11 is 0. The molecule has 0 amide bonds. The Balaban J connectivity index is 2.69. The van der Waals surface area contributed by atoms with E-state index in [1.54, 1.807) is 0 Å². The molecule has 0 atom stereocenters. The Morgan fingerprint density at radius 3 is 1.17 bits per heavy atom. The van der Waals surface area contributed by atoms with E-state index < -0.39 is 15.5 Å². The first-order chi connectivity index (χ1) is 8.59. The van der Waals surface area contributed by atoms with Gasteiger partial charge in [-0.3, -0.25) is 20.2 Å². The maximum absolute atomic E-state index is 11.1. The molecular weight excluding hydrogens is 236 g/mol. The third kappa shape index (κ3) is 3.92. The third-order valence-electron chi connectivity index (χ3n) is 3.83. The first-order valence-electron chi connectivity index (χ1n) is 6.88. The van der Waals surface area contributed by atoms with Crippen LogP contribution in [0.3, 0.4) is 0 Å². The first-order valence-corrected chi connectivity index (χ1v) is 6.88. The van der Waals surface area contributed by atoms with Crippen molar-refractivity contribution in [2.45, 2.75) is 76.3 Å². The van der Waals surface area contributed by atoms with Crippen molar-refractivity contribution in [3.63, 3.8) is 0 Å². The van der Waals surface area contributed by atoms with Gasteiger partial charge in [0.25, 0.3) is 0 Å². The summed E-state index contributed by atoms with van der Waals surface area (Å²) in [6.45, 7) is 0. The second-order valence-electron chi connectivity index (χ2n) is 5.18. The number of rotatable bonds is 2. The Hall–Kier alpha value is -1.20. The molecule has 6 heteroatoms. The van der Waals surface area contributed by atoms with Crippen LogP contribution < -0.4 is 0 Å². The van der Waals surface area contributed by atoms with Gasteiger partial charge in [0.1, 0.15) is 0 Å². The second-order valence-corrected chi connectivity index (χ2v) is 5.18. The van der Waals surface area contributed by atoms with Gasteiger partial charge in [0, 0.05) is 0 Å². The summed E-state index contributed by atoms with van der Waals surface area (Å²) in [4.78, 5) is 20.9. The number of nitrogens with zero attached hydrogens (tertiary/aromatic N) is 2. The zero-order valence-corrected chi connectivity index (χ0v) is 10.8. The van der Waals surface area contributed by atoms with Crippen molar-refractivity contribution in [1.82, 2.24) is 0 Å². The van der Waals surface area contributed by atoms with E-state index in [1.165, 1.54) is 6.42 Å². The Labute approximate surface area is 107 Å². The van der Waals surface area contributed by atoms with E-state index in [2.05, 4.69) is 0 Å². The molecule has 0 aromatic carbocycles. The highest BCUT2D eigenvalue weighted by Crippen LogP contribution is 2.28. The summed E-state index contributed by atoms with van der Waals surface area (Å²) in [6, 6.07) is 0. The van der Waals surface area contributed by atoms with Gasteiger partial charge in [-0.2, -0.15) is 0 Å². The molecule has 1 aliphatic carbocycles. The van der Waals surface area contributed by atoms with E-state index in [9.17, 15) is 20.2 Å². The van der Waals surface area contributed by atoms with Crippen LogP contribution in [0.5, 0.6) is 0 Å². The van der Waals surface area contributed by atoms with Crippen LogP contribution in [0.1, 0.15) is 70.6 Å². The molecule has 1 saturated carbocycles. The van der Waals surface area contributed by atoms with Crippen LogP contribution in [0.25, 0.3) is 0 Å². The molecule has 18 heavy (non-hydrogen) atoms. The van der Waals surface area contributed by atoms with Gasteiger partial charge >= 0.3 is 5.66 Å². The van der Waals surface area contributed by atoms with Crippen LogP contribution in [0.4, 0.5) is 0 Å². The zero-order chi connectivity index (χ0) is 13.4. The maximum Gasteiger partial charge on any atom is 0.458 e. The lowest BCUT2D eigenvalue weighted by molar-refractivity contribution is -0.799. The van der Waals surface area contributed by atoms with E-state index in [-0.39, 0.29) is 12.8 Å².